The fourth-order valence-electron chi connectivity index (χ4n) is 3.39. The zero-order valence-corrected chi connectivity index (χ0v) is 14.0. The first kappa shape index (κ1) is 15.8. The van der Waals surface area contributed by atoms with Crippen LogP contribution in [-0.4, -0.2) is 25.7 Å². The van der Waals surface area contributed by atoms with Gasteiger partial charge in [0.25, 0.3) is 5.91 Å². The number of fused-ring (bicyclic) bond motifs is 2. The van der Waals surface area contributed by atoms with E-state index in [-0.39, 0.29) is 18.6 Å². The second-order valence-electron chi connectivity index (χ2n) is 6.31. The molecule has 2 aromatic carbocycles. The summed E-state index contributed by atoms with van der Waals surface area (Å²) in [5.74, 6) is 2.16. The van der Waals surface area contributed by atoms with Crippen molar-refractivity contribution in [3.63, 3.8) is 0 Å². The molecule has 1 N–H and O–H groups in total. The number of hydrogen-bond donors (Lipinski definition) is 1. The Morgan fingerprint density at radius 3 is 2.68 bits per heavy atom. The molecule has 1 unspecified atom stereocenters. The number of rotatable bonds is 4. The van der Waals surface area contributed by atoms with E-state index in [4.69, 9.17) is 14.2 Å². The highest BCUT2D eigenvalue weighted by Crippen LogP contribution is 2.39. The predicted octanol–water partition coefficient (Wildman–Crippen LogP) is 3.03. The van der Waals surface area contributed by atoms with E-state index < -0.39 is 0 Å². The summed E-state index contributed by atoms with van der Waals surface area (Å²) >= 11 is 0. The van der Waals surface area contributed by atoms with Crippen LogP contribution in [-0.2, 0) is 11.2 Å². The lowest BCUT2D eigenvalue weighted by Gasteiger charge is -2.29. The largest absolute Gasteiger partial charge is 0.486 e. The van der Waals surface area contributed by atoms with Gasteiger partial charge in [0, 0.05) is 0 Å². The first-order chi connectivity index (χ1) is 12.3. The molecule has 1 amide bonds. The van der Waals surface area contributed by atoms with Gasteiger partial charge >= 0.3 is 0 Å². The van der Waals surface area contributed by atoms with Crippen LogP contribution in [0.2, 0.25) is 0 Å². The lowest BCUT2D eigenvalue weighted by Crippen LogP contribution is -2.34. The van der Waals surface area contributed by atoms with E-state index in [2.05, 4.69) is 11.4 Å². The Bertz CT molecular complexity index is 760. The van der Waals surface area contributed by atoms with E-state index in [0.717, 1.165) is 36.3 Å². The molecule has 2 aliphatic rings. The number of para-hydroxylation sites is 1. The number of benzene rings is 2. The molecular weight excluding hydrogens is 318 g/mol. The predicted molar refractivity (Wildman–Crippen MR) is 93.2 cm³/mol. The van der Waals surface area contributed by atoms with Crippen molar-refractivity contribution in [1.29, 1.82) is 0 Å². The van der Waals surface area contributed by atoms with Gasteiger partial charge in [-0.05, 0) is 54.7 Å². The molecular formula is C20H21NO4. The van der Waals surface area contributed by atoms with Crippen LogP contribution in [0.5, 0.6) is 17.2 Å². The quantitative estimate of drug-likeness (QED) is 0.930. The summed E-state index contributed by atoms with van der Waals surface area (Å²) in [6.45, 7) is 1.16. The summed E-state index contributed by atoms with van der Waals surface area (Å²) in [4.78, 5) is 12.3. The second-order valence-corrected chi connectivity index (χ2v) is 6.31. The number of hydrogen-bond acceptors (Lipinski definition) is 4. The van der Waals surface area contributed by atoms with Crippen LogP contribution < -0.4 is 19.5 Å². The highest BCUT2D eigenvalue weighted by molar-refractivity contribution is 5.78. The second kappa shape index (κ2) is 7.05. The normalized spacial score (nSPS) is 18.2. The first-order valence-corrected chi connectivity index (χ1v) is 8.69. The maximum Gasteiger partial charge on any atom is 0.258 e. The molecule has 0 fully saturated rings. The Kier molecular flexibility index (Phi) is 4.46. The Morgan fingerprint density at radius 1 is 1.12 bits per heavy atom. The standard InChI is InChI=1S/C20H21NO4/c22-20(13-25-15-6-2-1-3-7-15)21-17-8-4-5-14-11-18-19(12-16(14)17)24-10-9-23-18/h1-3,6-7,11-12,17H,4-5,8-10,13H2,(H,21,22). The lowest BCUT2D eigenvalue weighted by atomic mass is 9.87. The van der Waals surface area contributed by atoms with Crippen molar-refractivity contribution in [2.24, 2.45) is 0 Å². The number of nitrogens with one attached hydrogen (secondary N) is 1. The molecule has 1 aliphatic heterocycles. The smallest absolute Gasteiger partial charge is 0.258 e. The molecule has 5 heteroatoms. The Labute approximate surface area is 146 Å². The van der Waals surface area contributed by atoms with Gasteiger partial charge in [-0.2, -0.15) is 0 Å². The summed E-state index contributed by atoms with van der Waals surface area (Å²) in [6.07, 6.45) is 2.96. The monoisotopic (exact) mass is 339 g/mol. The third-order valence-electron chi connectivity index (χ3n) is 4.57. The van der Waals surface area contributed by atoms with Crippen LogP contribution in [0, 0.1) is 0 Å². The summed E-state index contributed by atoms with van der Waals surface area (Å²) in [5.41, 5.74) is 2.35. The van der Waals surface area contributed by atoms with Gasteiger partial charge in [-0.3, -0.25) is 4.79 Å². The average Bonchev–Trinajstić information content (AvgIpc) is 2.66. The molecule has 0 radical (unpaired) electrons. The highest BCUT2D eigenvalue weighted by atomic mass is 16.6. The molecule has 1 aliphatic carbocycles. The Morgan fingerprint density at radius 2 is 1.88 bits per heavy atom. The average molecular weight is 339 g/mol. The maximum absolute atomic E-state index is 12.3. The van der Waals surface area contributed by atoms with Crippen LogP contribution in [0.1, 0.15) is 30.0 Å². The molecule has 5 nitrogen and oxygen atoms in total. The third kappa shape index (κ3) is 3.55. The number of ether oxygens (including phenoxy) is 3. The summed E-state index contributed by atoms with van der Waals surface area (Å²) in [7, 11) is 0. The lowest BCUT2D eigenvalue weighted by molar-refractivity contribution is -0.123. The Balaban J connectivity index is 1.44. The topological polar surface area (TPSA) is 56.8 Å². The van der Waals surface area contributed by atoms with Crippen molar-refractivity contribution in [2.75, 3.05) is 19.8 Å². The molecule has 0 saturated carbocycles. The van der Waals surface area contributed by atoms with Gasteiger partial charge in [-0.25, -0.2) is 0 Å². The van der Waals surface area contributed by atoms with Crippen molar-refractivity contribution >= 4 is 5.91 Å². The molecule has 130 valence electrons. The Hall–Kier alpha value is -2.69. The third-order valence-corrected chi connectivity index (χ3v) is 4.57. The van der Waals surface area contributed by atoms with Gasteiger partial charge in [-0.1, -0.05) is 18.2 Å². The van der Waals surface area contributed by atoms with Gasteiger partial charge in [0.05, 0.1) is 6.04 Å². The van der Waals surface area contributed by atoms with Crippen LogP contribution in [0.25, 0.3) is 0 Å². The van der Waals surface area contributed by atoms with Gasteiger partial charge in [0.2, 0.25) is 0 Å². The minimum Gasteiger partial charge on any atom is -0.486 e. The molecule has 0 spiro atoms. The van der Waals surface area contributed by atoms with Crippen LogP contribution >= 0.6 is 0 Å². The van der Waals surface area contributed by atoms with Gasteiger partial charge in [0.15, 0.2) is 18.1 Å². The zero-order chi connectivity index (χ0) is 17.1. The van der Waals surface area contributed by atoms with E-state index in [9.17, 15) is 4.79 Å². The molecule has 0 bridgehead atoms. The van der Waals surface area contributed by atoms with Crippen molar-refractivity contribution in [2.45, 2.75) is 25.3 Å². The first-order valence-electron chi connectivity index (χ1n) is 8.69. The number of carbonyl (C=O) groups is 1. The van der Waals surface area contributed by atoms with Crippen LogP contribution in [0.4, 0.5) is 0 Å². The van der Waals surface area contributed by atoms with Crippen LogP contribution in [0.15, 0.2) is 42.5 Å². The van der Waals surface area contributed by atoms with Crippen LogP contribution in [0.3, 0.4) is 0 Å². The molecule has 0 aromatic heterocycles. The van der Waals surface area contributed by atoms with E-state index >= 15 is 0 Å². The fraction of sp³-hybridized carbons (Fsp3) is 0.350. The number of aryl methyl sites for hydroxylation is 1. The van der Waals surface area contributed by atoms with Gasteiger partial charge in [0.1, 0.15) is 19.0 Å². The van der Waals surface area contributed by atoms with Gasteiger partial charge < -0.3 is 19.5 Å². The van der Waals surface area contributed by atoms with E-state index in [1.165, 1.54) is 5.56 Å². The minimum atomic E-state index is -0.114. The van der Waals surface area contributed by atoms with Crippen molar-refractivity contribution in [3.8, 4) is 17.2 Å². The SMILES string of the molecule is O=C(COc1ccccc1)NC1CCCc2cc3c(cc21)OCCO3. The van der Waals surface area contributed by atoms with E-state index in [0.29, 0.717) is 19.0 Å². The van der Waals surface area contributed by atoms with Crippen molar-refractivity contribution in [3.05, 3.63) is 53.6 Å². The zero-order valence-electron chi connectivity index (χ0n) is 14.0. The molecule has 1 heterocycles. The summed E-state index contributed by atoms with van der Waals surface area (Å²) in [5, 5.41) is 3.09. The fourth-order valence-corrected chi connectivity index (χ4v) is 3.39. The number of amides is 1. The number of carbonyl (C=O) groups excluding carboxylic acids is 1. The molecule has 1 atom stereocenters. The van der Waals surface area contributed by atoms with Crippen molar-refractivity contribution < 1.29 is 19.0 Å². The van der Waals surface area contributed by atoms with E-state index in [1.54, 1.807) is 0 Å². The van der Waals surface area contributed by atoms with E-state index in [1.807, 2.05) is 36.4 Å². The molecule has 0 saturated heterocycles. The maximum atomic E-state index is 12.3. The summed E-state index contributed by atoms with van der Waals surface area (Å²) in [6, 6.07) is 13.4. The minimum absolute atomic E-state index is 0.00792. The highest BCUT2D eigenvalue weighted by Gasteiger charge is 2.25. The summed E-state index contributed by atoms with van der Waals surface area (Å²) < 4.78 is 16.9. The van der Waals surface area contributed by atoms with Gasteiger partial charge in [-0.15, -0.1) is 0 Å². The van der Waals surface area contributed by atoms with Crippen molar-refractivity contribution in [1.82, 2.24) is 5.32 Å². The molecule has 4 rings (SSSR count). The molecule has 25 heavy (non-hydrogen) atoms. The molecule has 2 aromatic rings.